The highest BCUT2D eigenvalue weighted by atomic mass is 16.5. The van der Waals surface area contributed by atoms with Crippen molar-refractivity contribution in [3.05, 3.63) is 24.3 Å². The standard InChI is InChI=1S/C21H28N2O5/c1-3-6-19(24)22(14-17-7-5-12-28-17)18-13-20(25)23(21(18)26)15-8-10-16(11-9-15)27-4-2/h8-11,17-18H,3-7,12-14H2,1-2H3. The van der Waals surface area contributed by atoms with Crippen molar-refractivity contribution in [1.82, 2.24) is 4.90 Å². The van der Waals surface area contributed by atoms with Crippen molar-refractivity contribution in [3.63, 3.8) is 0 Å². The van der Waals surface area contributed by atoms with Crippen molar-refractivity contribution in [2.45, 2.75) is 58.1 Å². The van der Waals surface area contributed by atoms with E-state index in [1.165, 1.54) is 4.90 Å². The van der Waals surface area contributed by atoms with Crippen LogP contribution in [0, 0.1) is 0 Å². The van der Waals surface area contributed by atoms with E-state index in [1.807, 2.05) is 13.8 Å². The predicted molar refractivity (Wildman–Crippen MR) is 104 cm³/mol. The van der Waals surface area contributed by atoms with Gasteiger partial charge in [-0.05, 0) is 50.5 Å². The van der Waals surface area contributed by atoms with Gasteiger partial charge in [0.2, 0.25) is 11.8 Å². The third kappa shape index (κ3) is 4.35. The Morgan fingerprint density at radius 1 is 1.25 bits per heavy atom. The molecule has 152 valence electrons. The molecule has 0 aliphatic carbocycles. The van der Waals surface area contributed by atoms with Crippen LogP contribution in [-0.2, 0) is 19.1 Å². The van der Waals surface area contributed by atoms with Gasteiger partial charge in [-0.3, -0.25) is 14.4 Å². The maximum Gasteiger partial charge on any atom is 0.257 e. The summed E-state index contributed by atoms with van der Waals surface area (Å²) in [5, 5.41) is 0. The molecule has 2 saturated heterocycles. The van der Waals surface area contributed by atoms with E-state index in [-0.39, 0.29) is 30.2 Å². The normalized spacial score (nSPS) is 22.0. The van der Waals surface area contributed by atoms with Crippen LogP contribution >= 0.6 is 0 Å². The van der Waals surface area contributed by atoms with Crippen LogP contribution in [0.15, 0.2) is 24.3 Å². The Morgan fingerprint density at radius 2 is 2.00 bits per heavy atom. The average molecular weight is 388 g/mol. The van der Waals surface area contributed by atoms with Gasteiger partial charge in [0.1, 0.15) is 11.8 Å². The predicted octanol–water partition coefficient (Wildman–Crippen LogP) is 2.52. The molecule has 2 unspecified atom stereocenters. The molecule has 28 heavy (non-hydrogen) atoms. The molecule has 0 spiro atoms. The molecule has 1 aromatic carbocycles. The number of rotatable bonds is 8. The fourth-order valence-corrected chi connectivity index (χ4v) is 3.76. The molecule has 3 rings (SSSR count). The molecule has 7 nitrogen and oxygen atoms in total. The summed E-state index contributed by atoms with van der Waals surface area (Å²) in [5.74, 6) is -0.0601. The zero-order chi connectivity index (χ0) is 20.1. The zero-order valence-corrected chi connectivity index (χ0v) is 16.6. The first-order valence-corrected chi connectivity index (χ1v) is 10.1. The first kappa shape index (κ1) is 20.3. The molecule has 0 bridgehead atoms. The van der Waals surface area contributed by atoms with E-state index in [1.54, 1.807) is 29.2 Å². The van der Waals surface area contributed by atoms with E-state index in [0.29, 0.717) is 44.0 Å². The van der Waals surface area contributed by atoms with Crippen LogP contribution in [0.1, 0.15) is 46.0 Å². The van der Waals surface area contributed by atoms with E-state index in [9.17, 15) is 14.4 Å². The van der Waals surface area contributed by atoms with E-state index in [0.717, 1.165) is 12.8 Å². The lowest BCUT2D eigenvalue weighted by molar-refractivity contribution is -0.140. The first-order chi connectivity index (χ1) is 13.5. The number of nitrogens with zero attached hydrogens (tertiary/aromatic N) is 2. The summed E-state index contributed by atoms with van der Waals surface area (Å²) in [6.07, 6.45) is 2.81. The van der Waals surface area contributed by atoms with E-state index >= 15 is 0 Å². The lowest BCUT2D eigenvalue weighted by atomic mass is 10.1. The molecule has 2 heterocycles. The minimum Gasteiger partial charge on any atom is -0.494 e. The van der Waals surface area contributed by atoms with E-state index < -0.39 is 6.04 Å². The second-order valence-corrected chi connectivity index (χ2v) is 7.15. The number of hydrogen-bond acceptors (Lipinski definition) is 5. The fraction of sp³-hybridized carbons (Fsp3) is 0.571. The van der Waals surface area contributed by atoms with Crippen molar-refractivity contribution in [1.29, 1.82) is 0 Å². The van der Waals surface area contributed by atoms with Gasteiger partial charge in [0.25, 0.3) is 5.91 Å². The molecule has 2 atom stereocenters. The quantitative estimate of drug-likeness (QED) is 0.640. The highest BCUT2D eigenvalue weighted by molar-refractivity contribution is 6.23. The molecule has 7 heteroatoms. The summed E-state index contributed by atoms with van der Waals surface area (Å²) in [5.41, 5.74) is 0.501. The average Bonchev–Trinajstić information content (AvgIpc) is 3.29. The number of imide groups is 1. The van der Waals surface area contributed by atoms with Crippen molar-refractivity contribution in [2.24, 2.45) is 0 Å². The Bertz CT molecular complexity index is 712. The molecule has 2 fully saturated rings. The van der Waals surface area contributed by atoms with Crippen molar-refractivity contribution < 1.29 is 23.9 Å². The van der Waals surface area contributed by atoms with E-state index in [4.69, 9.17) is 9.47 Å². The molecule has 0 saturated carbocycles. The monoisotopic (exact) mass is 388 g/mol. The first-order valence-electron chi connectivity index (χ1n) is 10.1. The van der Waals surface area contributed by atoms with Gasteiger partial charge >= 0.3 is 0 Å². The van der Waals surface area contributed by atoms with Gasteiger partial charge in [0.05, 0.1) is 24.8 Å². The van der Waals surface area contributed by atoms with Crippen molar-refractivity contribution in [2.75, 3.05) is 24.7 Å². The second-order valence-electron chi connectivity index (χ2n) is 7.15. The number of carbonyl (C=O) groups excluding carboxylic acids is 3. The van der Waals surface area contributed by atoms with Crippen molar-refractivity contribution in [3.8, 4) is 5.75 Å². The van der Waals surface area contributed by atoms with Crippen LogP contribution < -0.4 is 9.64 Å². The molecule has 2 aliphatic heterocycles. The number of hydrogen-bond donors (Lipinski definition) is 0. The van der Waals surface area contributed by atoms with Gasteiger partial charge in [0.15, 0.2) is 0 Å². The van der Waals surface area contributed by atoms with Gasteiger partial charge in [-0.15, -0.1) is 0 Å². The number of anilines is 1. The van der Waals surface area contributed by atoms with Crippen LogP contribution in [0.25, 0.3) is 0 Å². The molecule has 0 aromatic heterocycles. The fourth-order valence-electron chi connectivity index (χ4n) is 3.76. The van der Waals surface area contributed by atoms with Crippen LogP contribution in [0.4, 0.5) is 5.69 Å². The van der Waals surface area contributed by atoms with Crippen LogP contribution in [0.2, 0.25) is 0 Å². The molecule has 1 aromatic rings. The maximum absolute atomic E-state index is 13.1. The van der Waals surface area contributed by atoms with Gasteiger partial charge < -0.3 is 14.4 Å². The highest BCUT2D eigenvalue weighted by Gasteiger charge is 2.44. The number of amides is 3. The van der Waals surface area contributed by atoms with Gasteiger partial charge in [-0.2, -0.15) is 0 Å². The minimum atomic E-state index is -0.762. The Morgan fingerprint density at radius 3 is 2.61 bits per heavy atom. The number of benzene rings is 1. The number of ether oxygens (including phenoxy) is 2. The van der Waals surface area contributed by atoms with Gasteiger partial charge in [0, 0.05) is 19.6 Å². The largest absolute Gasteiger partial charge is 0.494 e. The van der Waals surface area contributed by atoms with Crippen LogP contribution in [0.3, 0.4) is 0 Å². The lowest BCUT2D eigenvalue weighted by Gasteiger charge is -2.29. The lowest BCUT2D eigenvalue weighted by Crippen LogP contribution is -2.48. The molecule has 3 amide bonds. The molecular weight excluding hydrogens is 360 g/mol. The molecule has 0 N–H and O–H groups in total. The summed E-state index contributed by atoms with van der Waals surface area (Å²) in [6.45, 7) is 5.40. The van der Waals surface area contributed by atoms with Gasteiger partial charge in [-0.25, -0.2) is 4.90 Å². The third-order valence-corrected chi connectivity index (χ3v) is 5.11. The second kappa shape index (κ2) is 9.19. The SMILES string of the molecule is CCCC(=O)N(CC1CCCO1)C1CC(=O)N(c2ccc(OCC)cc2)C1=O. The highest BCUT2D eigenvalue weighted by Crippen LogP contribution is 2.28. The zero-order valence-electron chi connectivity index (χ0n) is 16.6. The molecule has 2 aliphatic rings. The smallest absolute Gasteiger partial charge is 0.257 e. The summed E-state index contributed by atoms with van der Waals surface area (Å²) < 4.78 is 11.1. The Hall–Kier alpha value is -2.41. The van der Waals surface area contributed by atoms with Crippen LogP contribution in [-0.4, -0.2) is 54.5 Å². The Labute approximate surface area is 165 Å². The maximum atomic E-state index is 13.1. The summed E-state index contributed by atoms with van der Waals surface area (Å²) in [4.78, 5) is 41.2. The Kier molecular flexibility index (Phi) is 6.67. The minimum absolute atomic E-state index is 0.00815. The molecule has 0 radical (unpaired) electrons. The topological polar surface area (TPSA) is 76.2 Å². The van der Waals surface area contributed by atoms with Gasteiger partial charge in [-0.1, -0.05) is 6.92 Å². The number of carbonyl (C=O) groups is 3. The Balaban J connectivity index is 1.79. The van der Waals surface area contributed by atoms with Crippen molar-refractivity contribution >= 4 is 23.4 Å². The molecular formula is C21H28N2O5. The summed E-state index contributed by atoms with van der Waals surface area (Å²) in [7, 11) is 0. The van der Waals surface area contributed by atoms with Crippen LogP contribution in [0.5, 0.6) is 5.75 Å². The van der Waals surface area contributed by atoms with E-state index in [2.05, 4.69) is 0 Å². The third-order valence-electron chi connectivity index (χ3n) is 5.11. The summed E-state index contributed by atoms with van der Waals surface area (Å²) in [6, 6.07) is 6.10. The summed E-state index contributed by atoms with van der Waals surface area (Å²) >= 11 is 0.